The number of piperidine rings is 1. The number of hydrogen-bond acceptors (Lipinski definition) is 3. The first-order chi connectivity index (χ1) is 12.0. The number of amides is 1. The Bertz CT molecular complexity index is 611. The third kappa shape index (κ3) is 4.33. The van der Waals surface area contributed by atoms with Gasteiger partial charge in [0.25, 0.3) is 5.91 Å². The molecule has 0 radical (unpaired) electrons. The summed E-state index contributed by atoms with van der Waals surface area (Å²) in [4.78, 5) is 19.3. The Balaban J connectivity index is 1.55. The molecule has 1 atom stereocenters. The highest BCUT2D eigenvalue weighted by Gasteiger charge is 2.31. The Morgan fingerprint density at radius 3 is 2.40 bits per heavy atom. The second-order valence-corrected chi connectivity index (χ2v) is 7.77. The first-order valence-electron chi connectivity index (χ1n) is 9.12. The molecular weight excluding hydrogens is 341 g/mol. The van der Waals surface area contributed by atoms with Gasteiger partial charge in [-0.25, -0.2) is 4.39 Å². The van der Waals surface area contributed by atoms with Gasteiger partial charge in [-0.05, 0) is 50.9 Å². The summed E-state index contributed by atoms with van der Waals surface area (Å²) in [5, 5.41) is 0.314. The summed E-state index contributed by atoms with van der Waals surface area (Å²) >= 11 is 5.77. The summed E-state index contributed by atoms with van der Waals surface area (Å²) in [7, 11) is 2.17. The summed E-state index contributed by atoms with van der Waals surface area (Å²) in [5.41, 5.74) is 0.120. The lowest BCUT2D eigenvalue weighted by Gasteiger charge is -2.42. The van der Waals surface area contributed by atoms with Gasteiger partial charge < -0.3 is 9.80 Å². The number of likely N-dealkylation sites (tertiary alicyclic amines) is 1. The van der Waals surface area contributed by atoms with Gasteiger partial charge in [-0.2, -0.15) is 0 Å². The van der Waals surface area contributed by atoms with E-state index in [1.54, 1.807) is 11.0 Å². The SMILES string of the molecule is C[C@@H](C1CCN(C(=O)c2ccc(Cl)cc2F)CC1)N1CCN(C)CC1. The molecule has 1 aromatic rings. The molecule has 25 heavy (non-hydrogen) atoms. The highest BCUT2D eigenvalue weighted by molar-refractivity contribution is 6.30. The van der Waals surface area contributed by atoms with E-state index in [-0.39, 0.29) is 11.5 Å². The molecule has 1 aromatic carbocycles. The van der Waals surface area contributed by atoms with Crippen LogP contribution in [0.1, 0.15) is 30.1 Å². The predicted molar refractivity (Wildman–Crippen MR) is 98.6 cm³/mol. The van der Waals surface area contributed by atoms with E-state index in [4.69, 9.17) is 11.6 Å². The van der Waals surface area contributed by atoms with Crippen LogP contribution >= 0.6 is 11.6 Å². The molecule has 1 amide bonds. The molecule has 0 saturated carbocycles. The molecule has 2 aliphatic rings. The largest absolute Gasteiger partial charge is 0.339 e. The summed E-state index contributed by atoms with van der Waals surface area (Å²) < 4.78 is 14.0. The number of piperazine rings is 1. The molecule has 2 saturated heterocycles. The Morgan fingerprint density at radius 1 is 1.16 bits per heavy atom. The Kier molecular flexibility index (Phi) is 5.97. The van der Waals surface area contributed by atoms with E-state index < -0.39 is 5.82 Å². The van der Waals surface area contributed by atoms with E-state index in [9.17, 15) is 9.18 Å². The molecule has 6 heteroatoms. The number of carbonyl (C=O) groups is 1. The van der Waals surface area contributed by atoms with Crippen molar-refractivity contribution in [3.05, 3.63) is 34.6 Å². The van der Waals surface area contributed by atoms with Crippen molar-refractivity contribution in [1.29, 1.82) is 0 Å². The summed E-state index contributed by atoms with van der Waals surface area (Å²) in [6, 6.07) is 4.80. The lowest BCUT2D eigenvalue weighted by atomic mass is 9.88. The molecule has 0 bridgehead atoms. The van der Waals surface area contributed by atoms with Crippen molar-refractivity contribution in [3.63, 3.8) is 0 Å². The van der Waals surface area contributed by atoms with Crippen molar-refractivity contribution in [2.24, 2.45) is 5.92 Å². The number of benzene rings is 1. The molecule has 3 rings (SSSR count). The van der Waals surface area contributed by atoms with Crippen molar-refractivity contribution < 1.29 is 9.18 Å². The van der Waals surface area contributed by atoms with Gasteiger partial charge in [-0.1, -0.05) is 11.6 Å². The van der Waals surface area contributed by atoms with Gasteiger partial charge in [0.2, 0.25) is 0 Å². The normalized spacial score (nSPS) is 22.2. The van der Waals surface area contributed by atoms with Gasteiger partial charge in [-0.3, -0.25) is 9.69 Å². The monoisotopic (exact) mass is 367 g/mol. The maximum absolute atomic E-state index is 14.0. The van der Waals surface area contributed by atoms with Crippen LogP contribution in [0, 0.1) is 11.7 Å². The Morgan fingerprint density at radius 2 is 1.80 bits per heavy atom. The number of halogens is 2. The van der Waals surface area contributed by atoms with Crippen LogP contribution < -0.4 is 0 Å². The highest BCUT2D eigenvalue weighted by Crippen LogP contribution is 2.26. The second kappa shape index (κ2) is 8.02. The van der Waals surface area contributed by atoms with Crippen molar-refractivity contribution in [1.82, 2.24) is 14.7 Å². The minimum Gasteiger partial charge on any atom is -0.339 e. The molecule has 0 spiro atoms. The zero-order valence-electron chi connectivity index (χ0n) is 15.0. The summed E-state index contributed by atoms with van der Waals surface area (Å²) in [6.45, 7) is 8.19. The number of carbonyl (C=O) groups excluding carboxylic acids is 1. The smallest absolute Gasteiger partial charge is 0.256 e. The maximum atomic E-state index is 14.0. The van der Waals surface area contributed by atoms with E-state index in [1.807, 2.05) is 0 Å². The summed E-state index contributed by atoms with van der Waals surface area (Å²) in [6.07, 6.45) is 1.96. The van der Waals surface area contributed by atoms with Crippen molar-refractivity contribution in [3.8, 4) is 0 Å². The van der Waals surface area contributed by atoms with Gasteiger partial charge >= 0.3 is 0 Å². The van der Waals surface area contributed by atoms with E-state index in [2.05, 4.69) is 23.8 Å². The lowest BCUT2D eigenvalue weighted by Crippen LogP contribution is -2.52. The average molecular weight is 368 g/mol. The number of hydrogen-bond donors (Lipinski definition) is 0. The average Bonchev–Trinajstić information content (AvgIpc) is 2.61. The fraction of sp³-hybridized carbons (Fsp3) is 0.632. The molecule has 0 unspecified atom stereocenters. The van der Waals surface area contributed by atoms with Crippen LogP contribution in [-0.2, 0) is 0 Å². The van der Waals surface area contributed by atoms with E-state index in [0.717, 1.165) is 39.0 Å². The Hall–Kier alpha value is -1.17. The van der Waals surface area contributed by atoms with Crippen molar-refractivity contribution >= 4 is 17.5 Å². The second-order valence-electron chi connectivity index (χ2n) is 7.33. The topological polar surface area (TPSA) is 26.8 Å². The van der Waals surface area contributed by atoms with Crippen LogP contribution in [0.5, 0.6) is 0 Å². The molecule has 138 valence electrons. The molecule has 2 fully saturated rings. The molecule has 4 nitrogen and oxygen atoms in total. The van der Waals surface area contributed by atoms with E-state index in [1.165, 1.54) is 12.1 Å². The standard InChI is InChI=1S/C19H27ClFN3O/c1-14(23-11-9-22(2)10-12-23)15-5-7-24(8-6-15)19(25)17-4-3-16(20)13-18(17)21/h3-4,13-15H,5-12H2,1-2H3/t14-/m0/s1. The maximum Gasteiger partial charge on any atom is 0.256 e. The van der Waals surface area contributed by atoms with E-state index in [0.29, 0.717) is 30.1 Å². The van der Waals surface area contributed by atoms with Crippen LogP contribution in [0.3, 0.4) is 0 Å². The van der Waals surface area contributed by atoms with Crippen LogP contribution in [0.4, 0.5) is 4.39 Å². The summed E-state index contributed by atoms with van der Waals surface area (Å²) in [5.74, 6) is -0.159. The quantitative estimate of drug-likeness (QED) is 0.821. The Labute approximate surface area is 154 Å². The van der Waals surface area contributed by atoms with Gasteiger partial charge in [-0.15, -0.1) is 0 Å². The molecule has 0 N–H and O–H groups in total. The third-order valence-electron chi connectivity index (χ3n) is 5.78. The number of nitrogens with zero attached hydrogens (tertiary/aromatic N) is 3. The van der Waals surface area contributed by atoms with Crippen LogP contribution in [0.15, 0.2) is 18.2 Å². The predicted octanol–water partition coefficient (Wildman–Crippen LogP) is 2.97. The third-order valence-corrected chi connectivity index (χ3v) is 6.02. The highest BCUT2D eigenvalue weighted by atomic mass is 35.5. The minimum atomic E-state index is -0.537. The zero-order valence-corrected chi connectivity index (χ0v) is 15.8. The van der Waals surface area contributed by atoms with E-state index >= 15 is 0 Å². The fourth-order valence-electron chi connectivity index (χ4n) is 3.95. The first kappa shape index (κ1) is 18.6. The lowest BCUT2D eigenvalue weighted by molar-refractivity contribution is 0.0497. The van der Waals surface area contributed by atoms with Gasteiger partial charge in [0.1, 0.15) is 5.82 Å². The fourth-order valence-corrected chi connectivity index (χ4v) is 4.10. The zero-order chi connectivity index (χ0) is 18.0. The molecular formula is C19H27ClFN3O. The molecule has 2 heterocycles. The van der Waals surface area contributed by atoms with Crippen molar-refractivity contribution in [2.45, 2.75) is 25.8 Å². The van der Waals surface area contributed by atoms with Crippen LogP contribution in [0.2, 0.25) is 5.02 Å². The number of rotatable bonds is 3. The van der Waals surface area contributed by atoms with Gasteiger partial charge in [0.15, 0.2) is 0 Å². The first-order valence-corrected chi connectivity index (χ1v) is 9.50. The number of likely N-dealkylation sites (N-methyl/N-ethyl adjacent to an activating group) is 1. The van der Waals surface area contributed by atoms with Crippen LogP contribution in [0.25, 0.3) is 0 Å². The van der Waals surface area contributed by atoms with Gasteiger partial charge in [0, 0.05) is 50.3 Å². The van der Waals surface area contributed by atoms with Crippen molar-refractivity contribution in [2.75, 3.05) is 46.3 Å². The molecule has 0 aromatic heterocycles. The molecule has 2 aliphatic heterocycles. The van der Waals surface area contributed by atoms with Crippen LogP contribution in [-0.4, -0.2) is 73.0 Å². The minimum absolute atomic E-state index is 0.120. The van der Waals surface area contributed by atoms with Gasteiger partial charge in [0.05, 0.1) is 5.56 Å². The molecule has 0 aliphatic carbocycles.